The maximum absolute atomic E-state index is 13.1. The van der Waals surface area contributed by atoms with E-state index in [-0.39, 0.29) is 23.8 Å². The Morgan fingerprint density at radius 1 is 1.14 bits per heavy atom. The Balaban J connectivity index is 1.59. The molecule has 0 bridgehead atoms. The second-order valence-electron chi connectivity index (χ2n) is 11.3. The van der Waals surface area contributed by atoms with Crippen LogP contribution in [-0.4, -0.2) is 47.7 Å². The van der Waals surface area contributed by atoms with E-state index in [0.717, 1.165) is 32.0 Å². The van der Waals surface area contributed by atoms with Crippen LogP contribution in [0.5, 0.6) is 0 Å². The van der Waals surface area contributed by atoms with Crippen molar-refractivity contribution in [3.8, 4) is 0 Å². The summed E-state index contributed by atoms with van der Waals surface area (Å²) in [7, 11) is 0. The van der Waals surface area contributed by atoms with Crippen molar-refractivity contribution < 1.29 is 27.5 Å². The summed E-state index contributed by atoms with van der Waals surface area (Å²) < 4.78 is 44.5. The van der Waals surface area contributed by atoms with E-state index in [1.54, 1.807) is 26.8 Å². The van der Waals surface area contributed by atoms with E-state index in [2.05, 4.69) is 15.5 Å². The van der Waals surface area contributed by atoms with E-state index in [0.29, 0.717) is 24.4 Å². The first-order valence-corrected chi connectivity index (χ1v) is 12.4. The maximum atomic E-state index is 13.1. The molecule has 4 atom stereocenters. The monoisotopic (exact) mass is 497 g/mol. The van der Waals surface area contributed by atoms with Gasteiger partial charge in [-0.2, -0.15) is 13.2 Å². The van der Waals surface area contributed by atoms with Crippen molar-refractivity contribution in [2.45, 2.75) is 84.3 Å². The third-order valence-electron chi connectivity index (χ3n) is 6.64. The minimum atomic E-state index is -4.35. The van der Waals surface area contributed by atoms with Crippen molar-refractivity contribution >= 4 is 12.0 Å². The minimum absolute atomic E-state index is 0.0193. The molecule has 0 radical (unpaired) electrons. The molecule has 0 aromatic heterocycles. The zero-order chi connectivity index (χ0) is 26.0. The number of alkyl halides is 3. The van der Waals surface area contributed by atoms with Gasteiger partial charge in [0, 0.05) is 25.7 Å². The number of fused-ring (bicyclic) bond motifs is 1. The fourth-order valence-electron chi connectivity index (χ4n) is 5.21. The van der Waals surface area contributed by atoms with Gasteiger partial charge in [-0.15, -0.1) is 0 Å². The first-order valence-electron chi connectivity index (χ1n) is 12.4. The molecular formula is C26H38F3N3O3. The largest absolute Gasteiger partial charge is 0.444 e. The average molecular weight is 498 g/mol. The number of nitrogens with zero attached hydrogens (tertiary/aromatic N) is 1. The SMILES string of the molecule is CC(C)C[C@H](NC(=O)OC(C)(C)C)C(=O)N[C@@H]1CC[C@H]2CN(Cc3cccc(C(F)(F)F)c3)C[C@H]21. The molecule has 1 heterocycles. The highest BCUT2D eigenvalue weighted by atomic mass is 19.4. The summed E-state index contributed by atoms with van der Waals surface area (Å²) in [5.41, 5.74) is -0.652. The van der Waals surface area contributed by atoms with Crippen molar-refractivity contribution in [1.29, 1.82) is 0 Å². The second-order valence-corrected chi connectivity index (χ2v) is 11.3. The smallest absolute Gasteiger partial charge is 0.416 e. The third-order valence-corrected chi connectivity index (χ3v) is 6.64. The minimum Gasteiger partial charge on any atom is -0.444 e. The van der Waals surface area contributed by atoms with Crippen LogP contribution in [0.1, 0.15) is 65.0 Å². The molecule has 2 aliphatic rings. The number of likely N-dealkylation sites (tertiary alicyclic amines) is 1. The van der Waals surface area contributed by atoms with Gasteiger partial charge in [0.15, 0.2) is 0 Å². The van der Waals surface area contributed by atoms with E-state index in [4.69, 9.17) is 4.74 Å². The van der Waals surface area contributed by atoms with Crippen LogP contribution in [0.4, 0.5) is 18.0 Å². The lowest BCUT2D eigenvalue weighted by Gasteiger charge is -2.27. The number of nitrogens with one attached hydrogen (secondary N) is 2. The summed E-state index contributed by atoms with van der Waals surface area (Å²) in [4.78, 5) is 27.6. The predicted molar refractivity (Wildman–Crippen MR) is 127 cm³/mol. The van der Waals surface area contributed by atoms with Crippen LogP contribution in [0.3, 0.4) is 0 Å². The first kappa shape index (κ1) is 27.3. The molecule has 1 aliphatic carbocycles. The van der Waals surface area contributed by atoms with Crippen molar-refractivity contribution in [3.63, 3.8) is 0 Å². The quantitative estimate of drug-likeness (QED) is 0.558. The number of carbonyl (C=O) groups excluding carboxylic acids is 2. The van der Waals surface area contributed by atoms with E-state index >= 15 is 0 Å². The highest BCUT2D eigenvalue weighted by Gasteiger charge is 2.43. The lowest BCUT2D eigenvalue weighted by Crippen LogP contribution is -2.52. The van der Waals surface area contributed by atoms with Crippen molar-refractivity contribution in [1.82, 2.24) is 15.5 Å². The standard InChI is InChI=1S/C26H38F3N3O3/c1-16(2)11-22(31-24(34)35-25(3,4)5)23(33)30-21-10-9-18-14-32(15-20(18)21)13-17-7-6-8-19(12-17)26(27,28)29/h6-8,12,16,18,20-22H,9-11,13-15H2,1-5H3,(H,30,33)(H,31,34)/t18-,20+,21+,22-/m0/s1. The van der Waals surface area contributed by atoms with Gasteiger partial charge < -0.3 is 15.4 Å². The molecule has 1 aliphatic heterocycles. The Kier molecular flexibility index (Phi) is 8.40. The summed E-state index contributed by atoms with van der Waals surface area (Å²) in [6, 6.07) is 4.77. The molecule has 2 N–H and O–H groups in total. The van der Waals surface area contributed by atoms with Gasteiger partial charge in [0.2, 0.25) is 5.91 Å². The van der Waals surface area contributed by atoms with Gasteiger partial charge in [-0.25, -0.2) is 4.79 Å². The van der Waals surface area contributed by atoms with Crippen LogP contribution in [0.2, 0.25) is 0 Å². The normalized spacial score (nSPS) is 23.7. The van der Waals surface area contributed by atoms with E-state index in [1.807, 2.05) is 13.8 Å². The molecule has 1 aromatic carbocycles. The van der Waals surface area contributed by atoms with Crippen LogP contribution >= 0.6 is 0 Å². The number of benzene rings is 1. The van der Waals surface area contributed by atoms with Crippen LogP contribution < -0.4 is 10.6 Å². The van der Waals surface area contributed by atoms with Gasteiger partial charge in [0.25, 0.3) is 0 Å². The molecule has 196 valence electrons. The molecule has 0 unspecified atom stereocenters. The molecule has 35 heavy (non-hydrogen) atoms. The van der Waals surface area contributed by atoms with Gasteiger partial charge in [0.1, 0.15) is 11.6 Å². The van der Waals surface area contributed by atoms with Crippen LogP contribution in [0, 0.1) is 17.8 Å². The highest BCUT2D eigenvalue weighted by Crippen LogP contribution is 2.39. The number of halogens is 3. The number of carbonyl (C=O) groups is 2. The van der Waals surface area contributed by atoms with Crippen LogP contribution in [0.25, 0.3) is 0 Å². The van der Waals surface area contributed by atoms with Crippen molar-refractivity contribution in [3.05, 3.63) is 35.4 Å². The van der Waals surface area contributed by atoms with E-state index < -0.39 is 29.5 Å². The number of ether oxygens (including phenoxy) is 1. The molecule has 2 fully saturated rings. The zero-order valence-electron chi connectivity index (χ0n) is 21.2. The fourth-order valence-corrected chi connectivity index (χ4v) is 5.21. The van der Waals surface area contributed by atoms with Crippen LogP contribution in [-0.2, 0) is 22.3 Å². The molecule has 0 spiro atoms. The maximum Gasteiger partial charge on any atom is 0.416 e. The number of alkyl carbamates (subject to hydrolysis) is 1. The Morgan fingerprint density at radius 3 is 2.49 bits per heavy atom. The van der Waals surface area contributed by atoms with Gasteiger partial charge in [-0.3, -0.25) is 9.69 Å². The summed E-state index contributed by atoms with van der Waals surface area (Å²) in [6.07, 6.45) is -2.65. The molecule has 1 saturated heterocycles. The summed E-state index contributed by atoms with van der Waals surface area (Å²) in [6.45, 7) is 11.3. The Labute approximate surface area is 206 Å². The molecule has 6 nitrogen and oxygen atoms in total. The lowest BCUT2D eigenvalue weighted by molar-refractivity contribution is -0.137. The molecule has 1 saturated carbocycles. The van der Waals surface area contributed by atoms with Crippen molar-refractivity contribution in [2.75, 3.05) is 13.1 Å². The third kappa shape index (κ3) is 7.85. The Morgan fingerprint density at radius 2 is 1.86 bits per heavy atom. The number of hydrogen-bond acceptors (Lipinski definition) is 4. The number of hydrogen-bond donors (Lipinski definition) is 2. The first-order chi connectivity index (χ1) is 16.2. The zero-order valence-corrected chi connectivity index (χ0v) is 21.2. The molecule has 9 heteroatoms. The van der Waals surface area contributed by atoms with Gasteiger partial charge in [-0.05, 0) is 69.4 Å². The van der Waals surface area contributed by atoms with Gasteiger partial charge >= 0.3 is 12.3 Å². The lowest BCUT2D eigenvalue weighted by atomic mass is 9.97. The topological polar surface area (TPSA) is 70.7 Å². The summed E-state index contributed by atoms with van der Waals surface area (Å²) >= 11 is 0. The van der Waals surface area contributed by atoms with Crippen molar-refractivity contribution in [2.24, 2.45) is 17.8 Å². The summed E-state index contributed by atoms with van der Waals surface area (Å²) in [5, 5.41) is 5.87. The van der Waals surface area contributed by atoms with E-state index in [1.165, 1.54) is 12.1 Å². The molecule has 2 amide bonds. The number of amides is 2. The van der Waals surface area contributed by atoms with E-state index in [9.17, 15) is 22.8 Å². The fraction of sp³-hybridized carbons (Fsp3) is 0.692. The Bertz CT molecular complexity index is 898. The molecule has 3 rings (SSSR count). The second kappa shape index (κ2) is 10.8. The van der Waals surface area contributed by atoms with Gasteiger partial charge in [-0.1, -0.05) is 32.0 Å². The number of rotatable bonds is 7. The van der Waals surface area contributed by atoms with Gasteiger partial charge in [0.05, 0.1) is 5.56 Å². The Hall–Kier alpha value is -2.29. The van der Waals surface area contributed by atoms with Crippen LogP contribution in [0.15, 0.2) is 24.3 Å². The average Bonchev–Trinajstić information content (AvgIpc) is 3.26. The summed E-state index contributed by atoms with van der Waals surface area (Å²) in [5.74, 6) is 0.623. The molecule has 1 aromatic rings. The predicted octanol–water partition coefficient (Wildman–Crippen LogP) is 4.97. The highest BCUT2D eigenvalue weighted by molar-refractivity contribution is 5.86. The molecular weight excluding hydrogens is 459 g/mol.